The van der Waals surface area contributed by atoms with E-state index < -0.39 is 0 Å². The Bertz CT molecular complexity index is 525. The smallest absolute Gasteiger partial charge is 0.230 e. The molecule has 126 valence electrons. The summed E-state index contributed by atoms with van der Waals surface area (Å²) in [6.45, 7) is 3.04. The van der Waals surface area contributed by atoms with E-state index in [0.717, 1.165) is 37.7 Å². The maximum absolute atomic E-state index is 13.1. The third kappa shape index (κ3) is 3.25. The molecule has 1 amide bonds. The van der Waals surface area contributed by atoms with E-state index in [1.54, 1.807) is 0 Å². The highest BCUT2D eigenvalue weighted by Gasteiger charge is 2.38. The number of rotatable bonds is 2. The first-order valence-corrected chi connectivity index (χ1v) is 10.4. The third-order valence-corrected chi connectivity index (χ3v) is 7.23. The average molecular weight is 333 g/mol. The Kier molecular flexibility index (Phi) is 4.81. The highest BCUT2D eigenvalue weighted by molar-refractivity contribution is 8.03. The van der Waals surface area contributed by atoms with Crippen LogP contribution in [0.5, 0.6) is 0 Å². The molecule has 1 N–H and O–H groups in total. The van der Waals surface area contributed by atoms with Crippen LogP contribution < -0.4 is 5.32 Å². The van der Waals surface area contributed by atoms with Gasteiger partial charge in [0.05, 0.1) is 5.92 Å². The van der Waals surface area contributed by atoms with Crippen LogP contribution in [0.3, 0.4) is 0 Å². The summed E-state index contributed by atoms with van der Waals surface area (Å²) in [6, 6.07) is 0.547. The second-order valence-corrected chi connectivity index (χ2v) is 8.48. The molecule has 1 saturated heterocycles. The molecule has 0 aromatic heterocycles. The number of allylic oxidation sites excluding steroid dienone is 1. The number of fused-ring (bicyclic) bond motifs is 1. The number of hydrogen-bond donors (Lipinski definition) is 1. The minimum Gasteiger partial charge on any atom is -0.339 e. The van der Waals surface area contributed by atoms with Gasteiger partial charge in [0.15, 0.2) is 0 Å². The van der Waals surface area contributed by atoms with Crippen LogP contribution in [0.25, 0.3) is 0 Å². The summed E-state index contributed by atoms with van der Waals surface area (Å²) < 4.78 is 0. The number of nitrogens with one attached hydrogen (secondary N) is 1. The van der Waals surface area contributed by atoms with E-state index in [-0.39, 0.29) is 5.92 Å². The van der Waals surface area contributed by atoms with Gasteiger partial charge in [0.25, 0.3) is 0 Å². The topological polar surface area (TPSA) is 32.3 Å². The van der Waals surface area contributed by atoms with Gasteiger partial charge in [0.2, 0.25) is 5.91 Å². The van der Waals surface area contributed by atoms with E-state index in [0.29, 0.717) is 11.9 Å². The summed E-state index contributed by atoms with van der Waals surface area (Å²) in [7, 11) is 0. The minimum atomic E-state index is 0.117. The van der Waals surface area contributed by atoms with Crippen molar-refractivity contribution < 1.29 is 4.79 Å². The molecule has 4 heteroatoms. The van der Waals surface area contributed by atoms with Crippen LogP contribution in [-0.4, -0.2) is 42.2 Å². The van der Waals surface area contributed by atoms with E-state index in [2.05, 4.69) is 22.4 Å². The fourth-order valence-corrected chi connectivity index (χ4v) is 5.99. The van der Waals surface area contributed by atoms with E-state index in [9.17, 15) is 4.79 Å². The molecule has 3 unspecified atom stereocenters. The van der Waals surface area contributed by atoms with Crippen LogP contribution in [-0.2, 0) is 4.79 Å². The second-order valence-electron chi connectivity index (χ2n) is 7.42. The number of carbonyl (C=O) groups excluding carboxylic acids is 1. The zero-order valence-corrected chi connectivity index (χ0v) is 14.7. The van der Waals surface area contributed by atoms with Crippen LogP contribution in [0.2, 0.25) is 0 Å². The van der Waals surface area contributed by atoms with Crippen LogP contribution in [0.15, 0.2) is 22.6 Å². The van der Waals surface area contributed by atoms with Crippen LogP contribution in [0.1, 0.15) is 44.9 Å². The normalized spacial score (nSPS) is 34.6. The highest BCUT2D eigenvalue weighted by atomic mass is 32.2. The lowest BCUT2D eigenvalue weighted by Crippen LogP contribution is -2.51. The quantitative estimate of drug-likeness (QED) is 0.842. The summed E-state index contributed by atoms with van der Waals surface area (Å²) in [5.41, 5.74) is 1.46. The first kappa shape index (κ1) is 15.8. The maximum atomic E-state index is 13.1. The molecule has 0 bridgehead atoms. The molecule has 1 saturated carbocycles. The van der Waals surface area contributed by atoms with E-state index in [4.69, 9.17) is 0 Å². The molecule has 0 aromatic carbocycles. The largest absolute Gasteiger partial charge is 0.339 e. The second kappa shape index (κ2) is 7.02. The number of piperidine rings is 1. The number of carbonyl (C=O) groups is 1. The van der Waals surface area contributed by atoms with Crippen molar-refractivity contribution in [3.05, 3.63) is 22.6 Å². The Morgan fingerprint density at radius 2 is 2.09 bits per heavy atom. The Morgan fingerprint density at radius 3 is 2.96 bits per heavy atom. The maximum Gasteiger partial charge on any atom is 0.230 e. The molecule has 3 aliphatic heterocycles. The SMILES string of the molecule is O=C(C1C=C(C2=CCNCC2)SC1)N1CCCC2CCCCC21. The first-order valence-electron chi connectivity index (χ1n) is 9.38. The lowest BCUT2D eigenvalue weighted by molar-refractivity contribution is -0.139. The van der Waals surface area contributed by atoms with Crippen molar-refractivity contribution in [2.75, 3.05) is 25.4 Å². The van der Waals surface area contributed by atoms with Gasteiger partial charge < -0.3 is 10.2 Å². The molecule has 0 radical (unpaired) electrons. The molecule has 23 heavy (non-hydrogen) atoms. The summed E-state index contributed by atoms with van der Waals surface area (Å²) in [4.78, 5) is 16.8. The lowest BCUT2D eigenvalue weighted by atomic mass is 9.78. The summed E-state index contributed by atoms with van der Waals surface area (Å²) in [5.74, 6) is 2.27. The number of nitrogens with zero attached hydrogens (tertiary/aromatic N) is 1. The zero-order valence-electron chi connectivity index (χ0n) is 13.9. The molecule has 3 heterocycles. The Morgan fingerprint density at radius 1 is 1.22 bits per heavy atom. The van der Waals surface area contributed by atoms with Gasteiger partial charge in [-0.3, -0.25) is 4.79 Å². The molecular weight excluding hydrogens is 304 g/mol. The van der Waals surface area contributed by atoms with E-state index in [1.165, 1.54) is 49.0 Å². The highest BCUT2D eigenvalue weighted by Crippen LogP contribution is 2.40. The van der Waals surface area contributed by atoms with E-state index >= 15 is 0 Å². The molecule has 4 aliphatic rings. The fourth-order valence-electron chi connectivity index (χ4n) is 4.76. The summed E-state index contributed by atoms with van der Waals surface area (Å²) in [6.07, 6.45) is 13.5. The molecule has 3 nitrogen and oxygen atoms in total. The Hall–Kier alpha value is -0.740. The van der Waals surface area contributed by atoms with Crippen molar-refractivity contribution in [2.24, 2.45) is 11.8 Å². The summed E-state index contributed by atoms with van der Waals surface area (Å²) in [5, 5.41) is 3.37. The Balaban J connectivity index is 1.46. The van der Waals surface area contributed by atoms with Gasteiger partial charge >= 0.3 is 0 Å². The molecule has 2 fully saturated rings. The van der Waals surface area contributed by atoms with E-state index in [1.807, 2.05) is 11.8 Å². The predicted molar refractivity (Wildman–Crippen MR) is 96.3 cm³/mol. The van der Waals surface area contributed by atoms with Crippen LogP contribution in [0.4, 0.5) is 0 Å². The number of amides is 1. The number of hydrogen-bond acceptors (Lipinski definition) is 3. The minimum absolute atomic E-state index is 0.117. The monoisotopic (exact) mass is 332 g/mol. The van der Waals surface area contributed by atoms with Crippen molar-refractivity contribution in [2.45, 2.75) is 51.0 Å². The molecular formula is C19H28N2OS. The third-order valence-electron chi connectivity index (χ3n) is 5.99. The first-order chi connectivity index (χ1) is 11.3. The van der Waals surface area contributed by atoms with Gasteiger partial charge in [-0.05, 0) is 50.1 Å². The number of thioether (sulfide) groups is 1. The predicted octanol–water partition coefficient (Wildman–Crippen LogP) is 3.33. The molecule has 0 aromatic rings. The van der Waals surface area contributed by atoms with Gasteiger partial charge in [-0.25, -0.2) is 0 Å². The van der Waals surface area contributed by atoms with Gasteiger partial charge in [0, 0.05) is 29.8 Å². The van der Waals surface area contributed by atoms with Crippen LogP contribution in [0, 0.1) is 11.8 Å². The molecule has 3 atom stereocenters. The molecule has 4 rings (SSSR count). The Labute approximate surface area is 144 Å². The zero-order chi connectivity index (χ0) is 15.6. The average Bonchev–Trinajstić information content (AvgIpc) is 3.11. The van der Waals surface area contributed by atoms with Crippen molar-refractivity contribution in [3.63, 3.8) is 0 Å². The van der Waals surface area contributed by atoms with Crippen molar-refractivity contribution in [3.8, 4) is 0 Å². The standard InChI is InChI=1S/C19H28N2OS/c22-19(21-11-3-5-14-4-1-2-6-17(14)21)16-12-18(23-13-16)15-7-9-20-10-8-15/h7,12,14,16-17,20H,1-6,8-11,13H2. The van der Waals surface area contributed by atoms with Crippen molar-refractivity contribution in [1.82, 2.24) is 10.2 Å². The fraction of sp³-hybridized carbons (Fsp3) is 0.737. The number of likely N-dealkylation sites (tertiary alicyclic amines) is 1. The lowest BCUT2D eigenvalue weighted by Gasteiger charge is -2.44. The van der Waals surface area contributed by atoms with Gasteiger partial charge in [-0.15, -0.1) is 11.8 Å². The van der Waals surface area contributed by atoms with Crippen molar-refractivity contribution in [1.29, 1.82) is 0 Å². The van der Waals surface area contributed by atoms with Gasteiger partial charge in [-0.2, -0.15) is 0 Å². The van der Waals surface area contributed by atoms with Crippen LogP contribution >= 0.6 is 11.8 Å². The summed E-state index contributed by atoms with van der Waals surface area (Å²) >= 11 is 1.90. The molecule has 0 spiro atoms. The van der Waals surface area contributed by atoms with Gasteiger partial charge in [0.1, 0.15) is 0 Å². The van der Waals surface area contributed by atoms with Crippen molar-refractivity contribution >= 4 is 17.7 Å². The molecule has 1 aliphatic carbocycles. The van der Waals surface area contributed by atoms with Gasteiger partial charge in [-0.1, -0.05) is 25.0 Å².